The molecule has 0 aliphatic heterocycles. The Hall–Kier alpha value is -0.553. The lowest BCUT2D eigenvalue weighted by Gasteiger charge is -1.99. The molecule has 1 N–H and O–H groups in total. The van der Waals surface area contributed by atoms with Crippen molar-refractivity contribution in [3.63, 3.8) is 0 Å². The van der Waals surface area contributed by atoms with Crippen LogP contribution in [0, 0.1) is 0 Å². The first-order chi connectivity index (χ1) is 5.27. The molecule has 0 aliphatic carbocycles. The third kappa shape index (κ3) is 9.45. The van der Waals surface area contributed by atoms with E-state index in [1.807, 2.05) is 6.92 Å². The van der Waals surface area contributed by atoms with Crippen LogP contribution in [-0.4, -0.2) is 34.2 Å². The second-order valence-electron chi connectivity index (χ2n) is 2.02. The van der Waals surface area contributed by atoms with Crippen molar-refractivity contribution in [2.75, 3.05) is 13.2 Å². The Bertz CT molecular complexity index is 107. The van der Waals surface area contributed by atoms with Crippen LogP contribution in [0.25, 0.3) is 0 Å². The van der Waals surface area contributed by atoms with Crippen molar-refractivity contribution in [1.82, 2.24) is 0 Å². The van der Waals surface area contributed by atoms with Crippen LogP contribution in [-0.2, 0) is 9.16 Å². The average molecular weight is 178 g/mol. The van der Waals surface area contributed by atoms with Crippen molar-refractivity contribution in [1.29, 1.82) is 0 Å². The number of hydrogen-bond donors (Lipinski definition) is 1. The van der Waals surface area contributed by atoms with Gasteiger partial charge in [0, 0.05) is 6.61 Å². The minimum atomic E-state index is -1.19. The van der Waals surface area contributed by atoms with E-state index in [-0.39, 0.29) is 0 Å². The summed E-state index contributed by atoms with van der Waals surface area (Å²) in [6.45, 7) is 3.03. The van der Waals surface area contributed by atoms with Crippen LogP contribution in [0.4, 0.5) is 4.79 Å². The molecule has 0 aromatic carbocycles. The molecule has 11 heavy (non-hydrogen) atoms. The first-order valence-corrected chi connectivity index (χ1v) is 5.28. The molecule has 0 aromatic rings. The summed E-state index contributed by atoms with van der Waals surface area (Å²) in [4.78, 5) is 9.85. The topological polar surface area (TPSA) is 55.8 Å². The molecule has 0 radical (unpaired) electrons. The zero-order valence-electron chi connectivity index (χ0n) is 6.71. The van der Waals surface area contributed by atoms with Gasteiger partial charge in [0.05, 0.1) is 6.61 Å². The molecule has 0 fully saturated rings. The Morgan fingerprint density at radius 1 is 1.64 bits per heavy atom. The number of carbonyl (C=O) groups is 1. The molecule has 0 rings (SSSR count). The van der Waals surface area contributed by atoms with Crippen LogP contribution in [0.2, 0.25) is 6.04 Å². The highest BCUT2D eigenvalue weighted by Crippen LogP contribution is 1.90. The van der Waals surface area contributed by atoms with Gasteiger partial charge in [0.1, 0.15) is 0 Å². The Labute approximate surface area is 68.4 Å². The second kappa shape index (κ2) is 7.55. The zero-order valence-corrected chi connectivity index (χ0v) is 8.12. The van der Waals surface area contributed by atoms with E-state index in [2.05, 4.69) is 4.74 Å². The minimum Gasteiger partial charge on any atom is -0.450 e. The van der Waals surface area contributed by atoms with Gasteiger partial charge >= 0.3 is 6.16 Å². The number of rotatable bonds is 6. The van der Waals surface area contributed by atoms with Crippen molar-refractivity contribution in [2.24, 2.45) is 0 Å². The van der Waals surface area contributed by atoms with Gasteiger partial charge in [-0.05, 0) is 19.4 Å². The third-order valence-electron chi connectivity index (χ3n) is 1.11. The van der Waals surface area contributed by atoms with Gasteiger partial charge in [0.2, 0.25) is 0 Å². The van der Waals surface area contributed by atoms with Crippen molar-refractivity contribution in [2.45, 2.75) is 19.4 Å². The molecule has 5 heteroatoms. The van der Waals surface area contributed by atoms with E-state index in [1.165, 1.54) is 0 Å². The maximum absolute atomic E-state index is 9.85. The summed E-state index contributed by atoms with van der Waals surface area (Å²) < 4.78 is 9.48. The summed E-state index contributed by atoms with van der Waals surface area (Å²) in [5, 5.41) is 8.07. The Kier molecular flexibility index (Phi) is 7.17. The van der Waals surface area contributed by atoms with E-state index in [1.54, 1.807) is 0 Å². The smallest absolute Gasteiger partial charge is 0.450 e. The van der Waals surface area contributed by atoms with Crippen LogP contribution in [0.3, 0.4) is 0 Å². The van der Waals surface area contributed by atoms with Crippen LogP contribution in [0.1, 0.15) is 13.3 Å². The Balaban J connectivity index is 2.85. The Morgan fingerprint density at radius 2 is 2.36 bits per heavy atom. The highest BCUT2D eigenvalue weighted by atomic mass is 28.2. The zero-order chi connectivity index (χ0) is 8.53. The SMILES string of the molecule is CCO[SiH2]CCCOC(=O)O. The highest BCUT2D eigenvalue weighted by molar-refractivity contribution is 6.26. The fraction of sp³-hybridized carbons (Fsp3) is 0.833. The first-order valence-electron chi connectivity index (χ1n) is 3.70. The molecule has 0 atom stereocenters. The van der Waals surface area contributed by atoms with Gasteiger partial charge in [-0.15, -0.1) is 0 Å². The van der Waals surface area contributed by atoms with Crippen molar-refractivity contribution >= 4 is 15.9 Å². The summed E-state index contributed by atoms with van der Waals surface area (Å²) >= 11 is 0. The molecule has 0 amide bonds. The van der Waals surface area contributed by atoms with Gasteiger partial charge in [0.25, 0.3) is 0 Å². The number of hydrogen-bond acceptors (Lipinski definition) is 3. The lowest BCUT2D eigenvalue weighted by molar-refractivity contribution is 0.0916. The summed E-state index contributed by atoms with van der Waals surface area (Å²) in [6, 6.07) is 0.987. The van der Waals surface area contributed by atoms with Gasteiger partial charge in [0.15, 0.2) is 9.76 Å². The summed E-state index contributed by atoms with van der Waals surface area (Å²) in [6.07, 6.45) is -0.401. The molecule has 0 aliphatic rings. The van der Waals surface area contributed by atoms with Crippen LogP contribution < -0.4 is 0 Å². The number of ether oxygens (including phenoxy) is 1. The van der Waals surface area contributed by atoms with Gasteiger partial charge in [-0.3, -0.25) is 0 Å². The number of carboxylic acid groups (broad SMARTS) is 1. The molecule has 0 spiro atoms. The van der Waals surface area contributed by atoms with Gasteiger partial charge in [-0.1, -0.05) is 0 Å². The van der Waals surface area contributed by atoms with E-state index in [4.69, 9.17) is 9.53 Å². The first kappa shape index (κ1) is 10.4. The standard InChI is InChI=1S/C6H14O4Si/c1-2-10-11-5-3-4-9-6(7)8/h2-5,11H2,1H3,(H,7,8). The van der Waals surface area contributed by atoms with E-state index >= 15 is 0 Å². The molecular weight excluding hydrogens is 164 g/mol. The van der Waals surface area contributed by atoms with E-state index < -0.39 is 15.9 Å². The predicted octanol–water partition coefficient (Wildman–Crippen LogP) is 0.610. The third-order valence-corrected chi connectivity index (χ3v) is 2.60. The normalized spacial score (nSPS) is 10.6. The van der Waals surface area contributed by atoms with Crippen LogP contribution in [0.5, 0.6) is 0 Å². The lowest BCUT2D eigenvalue weighted by atomic mass is 10.5. The van der Waals surface area contributed by atoms with E-state index in [9.17, 15) is 4.79 Å². The molecule has 4 nitrogen and oxygen atoms in total. The maximum atomic E-state index is 9.85. The van der Waals surface area contributed by atoms with Gasteiger partial charge < -0.3 is 14.3 Å². The maximum Gasteiger partial charge on any atom is 0.505 e. The molecular formula is C6H14O4Si. The molecule has 0 saturated heterocycles. The molecule has 0 aromatic heterocycles. The van der Waals surface area contributed by atoms with E-state index in [0.29, 0.717) is 6.61 Å². The minimum absolute atomic E-state index is 0.301. The average Bonchev–Trinajstić information content (AvgIpc) is 1.96. The molecule has 0 heterocycles. The quantitative estimate of drug-likeness (QED) is 0.368. The van der Waals surface area contributed by atoms with Crippen molar-refractivity contribution in [3.05, 3.63) is 0 Å². The van der Waals surface area contributed by atoms with Crippen LogP contribution in [0.15, 0.2) is 0 Å². The largest absolute Gasteiger partial charge is 0.505 e. The Morgan fingerprint density at radius 3 is 2.91 bits per heavy atom. The van der Waals surface area contributed by atoms with Crippen molar-refractivity contribution in [3.8, 4) is 0 Å². The molecule has 0 unspecified atom stereocenters. The summed E-state index contributed by atoms with van der Waals surface area (Å²) in [5.74, 6) is 0. The molecule has 0 bridgehead atoms. The van der Waals surface area contributed by atoms with Crippen LogP contribution >= 0.6 is 0 Å². The van der Waals surface area contributed by atoms with Gasteiger partial charge in [-0.25, -0.2) is 4.79 Å². The predicted molar refractivity (Wildman–Crippen MR) is 43.6 cm³/mol. The second-order valence-corrected chi connectivity index (χ2v) is 3.54. The van der Waals surface area contributed by atoms with Crippen molar-refractivity contribution < 1.29 is 19.1 Å². The van der Waals surface area contributed by atoms with E-state index in [0.717, 1.165) is 19.1 Å². The summed E-state index contributed by atoms with van der Waals surface area (Å²) in [7, 11) is -0.407. The highest BCUT2D eigenvalue weighted by Gasteiger charge is 1.95. The van der Waals surface area contributed by atoms with Gasteiger partial charge in [-0.2, -0.15) is 0 Å². The lowest BCUT2D eigenvalue weighted by Crippen LogP contribution is -2.04. The molecule has 0 saturated carbocycles. The summed E-state index contributed by atoms with van der Waals surface area (Å²) in [5.41, 5.74) is 0. The molecule has 66 valence electrons. The fourth-order valence-corrected chi connectivity index (χ4v) is 1.51. The fourth-order valence-electron chi connectivity index (χ4n) is 0.610. The monoisotopic (exact) mass is 178 g/mol.